The van der Waals surface area contributed by atoms with Crippen molar-refractivity contribution in [2.75, 3.05) is 25.0 Å². The molecule has 1 saturated heterocycles. The second-order valence-electron chi connectivity index (χ2n) is 10.2. The van der Waals surface area contributed by atoms with Crippen LogP contribution in [0, 0.1) is 13.8 Å². The minimum atomic E-state index is -0.322. The van der Waals surface area contributed by atoms with E-state index in [9.17, 15) is 9.59 Å². The van der Waals surface area contributed by atoms with E-state index in [1.807, 2.05) is 77.5 Å². The summed E-state index contributed by atoms with van der Waals surface area (Å²) in [6.45, 7) is 5.07. The maximum atomic E-state index is 13.4. The molecule has 0 unspecified atom stereocenters. The van der Waals surface area contributed by atoms with Gasteiger partial charge >= 0.3 is 0 Å². The molecule has 3 aromatic carbocycles. The van der Waals surface area contributed by atoms with Crippen molar-refractivity contribution in [2.45, 2.75) is 39.2 Å². The number of rotatable bonds is 9. The Bertz CT molecular complexity index is 1480. The molecule has 1 fully saturated rings. The predicted octanol–water partition coefficient (Wildman–Crippen LogP) is 6.00. The van der Waals surface area contributed by atoms with Crippen molar-refractivity contribution in [3.8, 4) is 16.9 Å². The van der Waals surface area contributed by atoms with Gasteiger partial charge in [0.2, 0.25) is 17.8 Å². The number of nitrogens with zero attached hydrogens (tertiary/aromatic N) is 3. The molecule has 2 amide bonds. The number of hydrogen-bond acceptors (Lipinski definition) is 4. The summed E-state index contributed by atoms with van der Waals surface area (Å²) in [6, 6.07) is 23.1. The Labute approximate surface area is 239 Å². The molecular formula is C32H33ClN4O3. The van der Waals surface area contributed by atoms with E-state index in [1.165, 1.54) is 5.56 Å². The maximum Gasteiger partial charge on any atom is 0.246 e. The van der Waals surface area contributed by atoms with Gasteiger partial charge in [0.05, 0.1) is 18.2 Å². The largest absolute Gasteiger partial charge is 0.376 e. The molecule has 1 aromatic heterocycles. The fourth-order valence-corrected chi connectivity index (χ4v) is 4.93. The zero-order chi connectivity index (χ0) is 28.1. The van der Waals surface area contributed by atoms with Crippen LogP contribution in [0.5, 0.6) is 0 Å². The van der Waals surface area contributed by atoms with Crippen LogP contribution in [0.3, 0.4) is 0 Å². The van der Waals surface area contributed by atoms with Crippen LogP contribution in [0.1, 0.15) is 29.5 Å². The van der Waals surface area contributed by atoms with Gasteiger partial charge in [-0.2, -0.15) is 0 Å². The molecule has 1 atom stereocenters. The lowest BCUT2D eigenvalue weighted by Gasteiger charge is -2.25. The standard InChI is InChI=1S/C32H33ClN4O3/c1-22-10-15-27(17-23(22)2)37-20-29(25-11-13-26(33)14-12-25)34-32(37)35-30(38)21-36(19-28-9-6-16-40-28)31(39)18-24-7-4-3-5-8-24/h3-5,7-8,10-15,17,20,28H,6,9,16,18-19,21H2,1-2H3,(H,34,35,38)/t28-/m1/s1. The number of ether oxygens (including phenoxy) is 1. The Kier molecular flexibility index (Phi) is 8.63. The van der Waals surface area contributed by atoms with Gasteiger partial charge in [0.1, 0.15) is 6.54 Å². The molecule has 4 aromatic rings. The maximum absolute atomic E-state index is 13.4. The number of aryl methyl sites for hydroxylation is 2. The number of aromatic nitrogens is 2. The molecule has 1 N–H and O–H groups in total. The SMILES string of the molecule is Cc1ccc(-n2cc(-c3ccc(Cl)cc3)nc2NC(=O)CN(C[C@H]2CCCO2)C(=O)Cc2ccccc2)cc1C. The van der Waals surface area contributed by atoms with E-state index in [4.69, 9.17) is 21.3 Å². The third kappa shape index (κ3) is 6.79. The second kappa shape index (κ2) is 12.5. The molecule has 1 aliphatic rings. The van der Waals surface area contributed by atoms with Gasteiger partial charge in [-0.25, -0.2) is 4.98 Å². The van der Waals surface area contributed by atoms with Crippen molar-refractivity contribution < 1.29 is 14.3 Å². The van der Waals surface area contributed by atoms with Crippen LogP contribution in [-0.2, 0) is 20.7 Å². The highest BCUT2D eigenvalue weighted by atomic mass is 35.5. The van der Waals surface area contributed by atoms with E-state index in [2.05, 4.69) is 25.2 Å². The Balaban J connectivity index is 1.40. The average Bonchev–Trinajstić information content (AvgIpc) is 3.61. The molecule has 206 valence electrons. The topological polar surface area (TPSA) is 76.5 Å². The van der Waals surface area contributed by atoms with Crippen LogP contribution in [0.4, 0.5) is 5.95 Å². The van der Waals surface area contributed by atoms with E-state index in [0.29, 0.717) is 29.8 Å². The first kappa shape index (κ1) is 27.6. The number of halogens is 1. The highest BCUT2D eigenvalue weighted by Gasteiger charge is 2.25. The van der Waals surface area contributed by atoms with E-state index >= 15 is 0 Å². The molecule has 0 aliphatic carbocycles. The van der Waals surface area contributed by atoms with Gasteiger partial charge in [0, 0.05) is 35.6 Å². The first-order valence-electron chi connectivity index (χ1n) is 13.5. The summed E-state index contributed by atoms with van der Waals surface area (Å²) in [4.78, 5) is 33.1. The van der Waals surface area contributed by atoms with Crippen molar-refractivity contribution in [3.05, 3.63) is 101 Å². The molecule has 7 nitrogen and oxygen atoms in total. The number of benzene rings is 3. The molecule has 0 spiro atoms. The van der Waals surface area contributed by atoms with Crippen LogP contribution in [-0.4, -0.2) is 52.1 Å². The van der Waals surface area contributed by atoms with E-state index < -0.39 is 0 Å². The fraction of sp³-hybridized carbons (Fsp3) is 0.281. The molecule has 0 bridgehead atoms. The number of amides is 2. The summed E-state index contributed by atoms with van der Waals surface area (Å²) in [6.07, 6.45) is 3.88. The van der Waals surface area contributed by atoms with Gasteiger partial charge in [0.25, 0.3) is 0 Å². The monoisotopic (exact) mass is 556 g/mol. The van der Waals surface area contributed by atoms with Crippen LogP contribution >= 0.6 is 11.6 Å². The normalized spacial score (nSPS) is 14.7. The summed E-state index contributed by atoms with van der Waals surface area (Å²) in [5.41, 5.74) is 5.66. The van der Waals surface area contributed by atoms with Crippen LogP contribution in [0.25, 0.3) is 16.9 Å². The Hall–Kier alpha value is -3.94. The predicted molar refractivity (Wildman–Crippen MR) is 158 cm³/mol. The quantitative estimate of drug-likeness (QED) is 0.274. The summed E-state index contributed by atoms with van der Waals surface area (Å²) >= 11 is 6.09. The molecule has 1 aliphatic heterocycles. The van der Waals surface area contributed by atoms with E-state index in [0.717, 1.165) is 35.2 Å². The lowest BCUT2D eigenvalue weighted by Crippen LogP contribution is -2.43. The Morgan fingerprint density at radius 2 is 1.82 bits per heavy atom. The molecule has 0 saturated carbocycles. The number of carbonyl (C=O) groups is 2. The van der Waals surface area contributed by atoms with Gasteiger partial charge in [-0.1, -0.05) is 60.1 Å². The lowest BCUT2D eigenvalue weighted by atomic mass is 10.1. The van der Waals surface area contributed by atoms with Crippen LogP contribution in [0.15, 0.2) is 79.0 Å². The van der Waals surface area contributed by atoms with Crippen molar-refractivity contribution in [2.24, 2.45) is 0 Å². The molecule has 0 radical (unpaired) electrons. The first-order chi connectivity index (χ1) is 19.4. The first-order valence-corrected chi connectivity index (χ1v) is 13.9. The van der Waals surface area contributed by atoms with Crippen molar-refractivity contribution in [1.82, 2.24) is 14.5 Å². The molecule has 2 heterocycles. The van der Waals surface area contributed by atoms with Crippen molar-refractivity contribution in [1.29, 1.82) is 0 Å². The number of hydrogen-bond donors (Lipinski definition) is 1. The van der Waals surface area contributed by atoms with Gasteiger partial charge in [-0.15, -0.1) is 0 Å². The van der Waals surface area contributed by atoms with Crippen molar-refractivity contribution >= 4 is 29.4 Å². The fourth-order valence-electron chi connectivity index (χ4n) is 4.81. The second-order valence-corrected chi connectivity index (χ2v) is 10.7. The minimum Gasteiger partial charge on any atom is -0.376 e. The van der Waals surface area contributed by atoms with Gasteiger partial charge in [-0.3, -0.25) is 19.5 Å². The van der Waals surface area contributed by atoms with Crippen molar-refractivity contribution in [3.63, 3.8) is 0 Å². The Morgan fingerprint density at radius 1 is 1.05 bits per heavy atom. The summed E-state index contributed by atoms with van der Waals surface area (Å²) < 4.78 is 7.66. The smallest absolute Gasteiger partial charge is 0.246 e. The third-order valence-electron chi connectivity index (χ3n) is 7.20. The molecular weight excluding hydrogens is 524 g/mol. The van der Waals surface area contributed by atoms with Gasteiger partial charge in [-0.05, 0) is 67.6 Å². The number of imidazole rings is 1. The van der Waals surface area contributed by atoms with Gasteiger partial charge < -0.3 is 9.64 Å². The summed E-state index contributed by atoms with van der Waals surface area (Å²) in [5.74, 6) is -0.0558. The molecule has 8 heteroatoms. The van der Waals surface area contributed by atoms with Gasteiger partial charge in [0.15, 0.2) is 0 Å². The minimum absolute atomic E-state index is 0.0680. The molecule has 5 rings (SSSR count). The number of anilines is 1. The van der Waals surface area contributed by atoms with E-state index in [-0.39, 0.29) is 30.9 Å². The highest BCUT2D eigenvalue weighted by Crippen LogP contribution is 2.26. The van der Waals surface area contributed by atoms with E-state index in [1.54, 1.807) is 4.90 Å². The zero-order valence-electron chi connectivity index (χ0n) is 22.8. The zero-order valence-corrected chi connectivity index (χ0v) is 23.5. The summed E-state index contributed by atoms with van der Waals surface area (Å²) in [7, 11) is 0. The third-order valence-corrected chi connectivity index (χ3v) is 7.45. The summed E-state index contributed by atoms with van der Waals surface area (Å²) in [5, 5.41) is 3.61. The number of nitrogens with one attached hydrogen (secondary N) is 1. The average molecular weight is 557 g/mol. The van der Waals surface area contributed by atoms with Crippen LogP contribution < -0.4 is 5.32 Å². The molecule has 40 heavy (non-hydrogen) atoms. The lowest BCUT2D eigenvalue weighted by molar-refractivity contribution is -0.135. The Morgan fingerprint density at radius 3 is 2.52 bits per heavy atom. The number of carbonyl (C=O) groups excluding carboxylic acids is 2. The highest BCUT2D eigenvalue weighted by molar-refractivity contribution is 6.30. The van der Waals surface area contributed by atoms with Crippen LogP contribution in [0.2, 0.25) is 5.02 Å².